The first-order valence-corrected chi connectivity index (χ1v) is 5.72. The first-order valence-electron chi connectivity index (χ1n) is 3.34. The Bertz CT molecular complexity index is 408. The maximum atomic E-state index is 12.7. The molecule has 1 aliphatic rings. The third kappa shape index (κ3) is 1.65. The highest BCUT2D eigenvalue weighted by molar-refractivity contribution is 9.14. The quantitative estimate of drug-likeness (QED) is 0.611. The van der Waals surface area contributed by atoms with Gasteiger partial charge >= 0.3 is 6.29 Å². The number of benzene rings is 1. The molecule has 0 atom stereocenters. The van der Waals surface area contributed by atoms with Crippen LogP contribution in [-0.4, -0.2) is 6.29 Å². The highest BCUT2D eigenvalue weighted by Crippen LogP contribution is 2.50. The van der Waals surface area contributed by atoms with E-state index in [9.17, 15) is 8.78 Å². The van der Waals surface area contributed by atoms with Crippen molar-refractivity contribution in [1.29, 1.82) is 0 Å². The average molecular weight is 395 g/mol. The van der Waals surface area contributed by atoms with Gasteiger partial charge in [-0.15, -0.1) is 8.78 Å². The zero-order valence-corrected chi connectivity index (χ0v) is 11.0. The smallest absolute Gasteiger partial charge is 0.395 e. The van der Waals surface area contributed by atoms with Gasteiger partial charge in [0.2, 0.25) is 0 Å². The highest BCUT2D eigenvalue weighted by Gasteiger charge is 2.45. The zero-order valence-electron chi connectivity index (χ0n) is 6.28. The lowest BCUT2D eigenvalue weighted by atomic mass is 10.3. The van der Waals surface area contributed by atoms with Crippen molar-refractivity contribution in [2.75, 3.05) is 0 Å². The molecular weight excluding hydrogens is 394 g/mol. The first-order chi connectivity index (χ1) is 6.41. The van der Waals surface area contributed by atoms with Crippen molar-refractivity contribution in [2.24, 2.45) is 0 Å². The van der Waals surface area contributed by atoms with Crippen LogP contribution in [0.3, 0.4) is 0 Å². The second-order valence-electron chi connectivity index (χ2n) is 2.48. The molecule has 0 unspecified atom stereocenters. The number of hydrogen-bond acceptors (Lipinski definition) is 2. The summed E-state index contributed by atoms with van der Waals surface area (Å²) in [4.78, 5) is 0. The second kappa shape index (κ2) is 3.31. The molecule has 0 aliphatic carbocycles. The van der Waals surface area contributed by atoms with Crippen LogP contribution < -0.4 is 9.47 Å². The van der Waals surface area contributed by atoms with Crippen molar-refractivity contribution in [3.05, 3.63) is 19.5 Å². The van der Waals surface area contributed by atoms with E-state index >= 15 is 0 Å². The number of ether oxygens (including phenoxy) is 2. The molecule has 1 aromatic carbocycles. The van der Waals surface area contributed by atoms with Crippen molar-refractivity contribution in [2.45, 2.75) is 6.29 Å². The molecule has 7 heteroatoms. The summed E-state index contributed by atoms with van der Waals surface area (Å²) in [6, 6.07) is 1.41. The topological polar surface area (TPSA) is 18.5 Å². The molecule has 1 aliphatic heterocycles. The molecule has 2 rings (SSSR count). The summed E-state index contributed by atoms with van der Waals surface area (Å²) in [6.45, 7) is 0. The van der Waals surface area contributed by atoms with Gasteiger partial charge in [-0.3, -0.25) is 0 Å². The summed E-state index contributed by atoms with van der Waals surface area (Å²) < 4.78 is 35.5. The Labute approximate surface area is 103 Å². The normalized spacial score (nSPS) is 17.2. The fraction of sp³-hybridized carbons (Fsp3) is 0.143. The van der Waals surface area contributed by atoms with Gasteiger partial charge in [-0.2, -0.15) is 0 Å². The molecule has 1 aromatic rings. The molecule has 0 radical (unpaired) electrons. The van der Waals surface area contributed by atoms with E-state index in [-0.39, 0.29) is 11.5 Å². The van der Waals surface area contributed by atoms with Crippen molar-refractivity contribution in [3.8, 4) is 11.5 Å². The lowest BCUT2D eigenvalue weighted by Gasteiger charge is -2.05. The van der Waals surface area contributed by atoms with Crippen LogP contribution in [0.5, 0.6) is 11.5 Å². The second-order valence-corrected chi connectivity index (χ2v) is 4.92. The number of fused-ring (bicyclic) bond motifs is 1. The van der Waals surface area contributed by atoms with Gasteiger partial charge in [0.1, 0.15) is 0 Å². The van der Waals surface area contributed by atoms with E-state index in [4.69, 9.17) is 0 Å². The van der Waals surface area contributed by atoms with Crippen LogP contribution in [0, 0.1) is 0 Å². The van der Waals surface area contributed by atoms with E-state index in [1.165, 1.54) is 6.07 Å². The molecule has 0 saturated carbocycles. The summed E-state index contributed by atoms with van der Waals surface area (Å²) in [7, 11) is 0. The fourth-order valence-electron chi connectivity index (χ4n) is 0.995. The lowest BCUT2D eigenvalue weighted by molar-refractivity contribution is -0.286. The number of halogens is 5. The monoisotopic (exact) mass is 392 g/mol. The first kappa shape index (κ1) is 10.6. The van der Waals surface area contributed by atoms with Gasteiger partial charge in [0.15, 0.2) is 11.5 Å². The van der Waals surface area contributed by atoms with Crippen LogP contribution in [0.2, 0.25) is 0 Å². The van der Waals surface area contributed by atoms with Crippen molar-refractivity contribution < 1.29 is 18.3 Å². The van der Waals surface area contributed by atoms with Crippen LogP contribution in [0.1, 0.15) is 0 Å². The summed E-state index contributed by atoms with van der Waals surface area (Å²) in [6.07, 6.45) is -3.59. The number of hydrogen-bond donors (Lipinski definition) is 0. The molecular formula is C7HBr3F2O2. The van der Waals surface area contributed by atoms with Crippen LogP contribution in [0.15, 0.2) is 19.5 Å². The molecule has 2 nitrogen and oxygen atoms in total. The van der Waals surface area contributed by atoms with Crippen molar-refractivity contribution >= 4 is 47.8 Å². The number of rotatable bonds is 0. The van der Waals surface area contributed by atoms with Gasteiger partial charge in [-0.25, -0.2) is 0 Å². The summed E-state index contributed by atoms with van der Waals surface area (Å²) in [5.74, 6) is -0.0120. The van der Waals surface area contributed by atoms with E-state index in [2.05, 4.69) is 57.3 Å². The predicted octanol–water partition coefficient (Wildman–Crippen LogP) is 4.30. The van der Waals surface area contributed by atoms with Gasteiger partial charge in [0, 0.05) is 8.95 Å². The molecule has 76 valence electrons. The van der Waals surface area contributed by atoms with E-state index in [0.717, 1.165) is 0 Å². The molecule has 0 aromatic heterocycles. The molecule has 1 heterocycles. The van der Waals surface area contributed by atoms with Crippen molar-refractivity contribution in [3.63, 3.8) is 0 Å². The third-order valence-corrected chi connectivity index (χ3v) is 4.80. The SMILES string of the molecule is FC1(F)Oc2cc(Br)c(Br)c(Br)c2O1. The fourth-order valence-corrected chi connectivity index (χ4v) is 2.45. The van der Waals surface area contributed by atoms with Crippen LogP contribution >= 0.6 is 47.8 Å². The largest absolute Gasteiger partial charge is 0.586 e. The van der Waals surface area contributed by atoms with Crippen LogP contribution in [0.4, 0.5) is 8.78 Å². The van der Waals surface area contributed by atoms with Gasteiger partial charge in [0.25, 0.3) is 0 Å². The maximum Gasteiger partial charge on any atom is 0.586 e. The maximum absolute atomic E-state index is 12.7. The van der Waals surface area contributed by atoms with E-state index in [1.54, 1.807) is 0 Å². The van der Waals surface area contributed by atoms with E-state index in [1.807, 2.05) is 0 Å². The molecule has 0 N–H and O–H groups in total. The summed E-state index contributed by atoms with van der Waals surface area (Å²) in [5.41, 5.74) is 0. The van der Waals surface area contributed by atoms with Crippen LogP contribution in [0.25, 0.3) is 0 Å². The Balaban J connectivity index is 2.59. The minimum atomic E-state index is -3.59. The Hall–Kier alpha value is 0.120. The highest BCUT2D eigenvalue weighted by atomic mass is 79.9. The molecule has 0 bridgehead atoms. The van der Waals surface area contributed by atoms with Crippen LogP contribution in [-0.2, 0) is 0 Å². The Kier molecular flexibility index (Phi) is 2.52. The Morgan fingerprint density at radius 2 is 1.71 bits per heavy atom. The van der Waals surface area contributed by atoms with Gasteiger partial charge in [-0.1, -0.05) is 0 Å². The molecule has 14 heavy (non-hydrogen) atoms. The standard InChI is InChI=1S/C7HBr3F2O2/c8-2-1-3-6(5(10)4(2)9)14-7(11,12)13-3/h1H. The van der Waals surface area contributed by atoms with E-state index in [0.29, 0.717) is 13.4 Å². The summed E-state index contributed by atoms with van der Waals surface area (Å²) in [5, 5.41) is 0. The molecule has 0 spiro atoms. The van der Waals surface area contributed by atoms with Gasteiger partial charge in [0.05, 0.1) is 4.47 Å². The van der Waals surface area contributed by atoms with E-state index < -0.39 is 6.29 Å². The van der Waals surface area contributed by atoms with Gasteiger partial charge in [-0.05, 0) is 53.9 Å². The number of alkyl halides is 2. The molecule has 0 fully saturated rings. The third-order valence-electron chi connectivity index (χ3n) is 1.53. The lowest BCUT2D eigenvalue weighted by Crippen LogP contribution is -2.26. The summed E-state index contributed by atoms with van der Waals surface area (Å²) >= 11 is 9.49. The predicted molar refractivity (Wildman–Crippen MR) is 55.7 cm³/mol. The zero-order chi connectivity index (χ0) is 10.5. The minimum absolute atomic E-state index is 0.00282. The van der Waals surface area contributed by atoms with Gasteiger partial charge < -0.3 is 9.47 Å². The molecule has 0 saturated heterocycles. The Morgan fingerprint density at radius 3 is 2.36 bits per heavy atom. The minimum Gasteiger partial charge on any atom is -0.395 e. The average Bonchev–Trinajstić information content (AvgIpc) is 2.37. The van der Waals surface area contributed by atoms with Crippen molar-refractivity contribution in [1.82, 2.24) is 0 Å². The Morgan fingerprint density at radius 1 is 1.07 bits per heavy atom. The molecule has 0 amide bonds.